The van der Waals surface area contributed by atoms with Crippen molar-refractivity contribution in [1.29, 1.82) is 0 Å². The van der Waals surface area contributed by atoms with Gasteiger partial charge in [0.25, 0.3) is 0 Å². The molecule has 166 valence electrons. The SMILES string of the molecule is CCn1ncc(C(=O)c2ccc(Cl)c(OCCn3nc(COC)n(C)c3=O)c2C)c1O. The third kappa shape index (κ3) is 4.35. The third-order valence-corrected chi connectivity index (χ3v) is 5.21. The first-order chi connectivity index (χ1) is 14.8. The first-order valence-corrected chi connectivity index (χ1v) is 10.0. The van der Waals surface area contributed by atoms with Crippen LogP contribution in [-0.2, 0) is 31.5 Å². The average molecular weight is 450 g/mol. The van der Waals surface area contributed by atoms with E-state index in [-0.39, 0.29) is 42.7 Å². The molecule has 0 aliphatic carbocycles. The Bertz CT molecular complexity index is 1160. The number of hydrogen-bond acceptors (Lipinski definition) is 7. The Morgan fingerprint density at radius 3 is 2.65 bits per heavy atom. The van der Waals surface area contributed by atoms with Gasteiger partial charge in [-0.1, -0.05) is 11.6 Å². The summed E-state index contributed by atoms with van der Waals surface area (Å²) < 4.78 is 14.9. The van der Waals surface area contributed by atoms with Crippen LogP contribution in [0.4, 0.5) is 0 Å². The normalized spacial score (nSPS) is 11.1. The molecule has 0 fully saturated rings. The second-order valence-corrected chi connectivity index (χ2v) is 7.25. The van der Waals surface area contributed by atoms with Crippen LogP contribution in [0.15, 0.2) is 23.1 Å². The van der Waals surface area contributed by atoms with Crippen LogP contribution in [0.5, 0.6) is 11.6 Å². The van der Waals surface area contributed by atoms with E-state index in [1.807, 2.05) is 6.92 Å². The lowest BCUT2D eigenvalue weighted by molar-refractivity contribution is 0.103. The van der Waals surface area contributed by atoms with Crippen LogP contribution < -0.4 is 10.4 Å². The van der Waals surface area contributed by atoms with Crippen LogP contribution >= 0.6 is 11.6 Å². The molecular formula is C20H24ClN5O5. The van der Waals surface area contributed by atoms with Crippen molar-refractivity contribution >= 4 is 17.4 Å². The highest BCUT2D eigenvalue weighted by atomic mass is 35.5. The lowest BCUT2D eigenvalue weighted by Gasteiger charge is -2.14. The van der Waals surface area contributed by atoms with E-state index < -0.39 is 0 Å². The van der Waals surface area contributed by atoms with E-state index in [0.29, 0.717) is 34.3 Å². The van der Waals surface area contributed by atoms with Gasteiger partial charge in [0.1, 0.15) is 24.5 Å². The number of nitrogens with zero attached hydrogens (tertiary/aromatic N) is 5. The quantitative estimate of drug-likeness (QED) is 0.496. The molecule has 3 rings (SSSR count). The number of carbonyl (C=O) groups excluding carboxylic acids is 1. The van der Waals surface area contributed by atoms with Gasteiger partial charge in [0.05, 0.1) is 17.8 Å². The van der Waals surface area contributed by atoms with Crippen LogP contribution in [0.3, 0.4) is 0 Å². The van der Waals surface area contributed by atoms with Crippen molar-refractivity contribution in [2.75, 3.05) is 13.7 Å². The number of ether oxygens (including phenoxy) is 2. The molecule has 0 unspecified atom stereocenters. The molecule has 31 heavy (non-hydrogen) atoms. The Morgan fingerprint density at radius 1 is 1.26 bits per heavy atom. The molecule has 0 atom stereocenters. The molecule has 11 heteroatoms. The van der Waals surface area contributed by atoms with Gasteiger partial charge in [-0.3, -0.25) is 9.36 Å². The molecule has 2 aromatic heterocycles. The smallest absolute Gasteiger partial charge is 0.345 e. The number of hydrogen-bond donors (Lipinski definition) is 1. The standard InChI is InChI=1S/C20H24ClN5O5/c1-5-25-19(28)14(10-22-25)17(27)13-6-7-15(21)18(12(13)2)31-9-8-26-20(29)24(3)16(23-26)11-30-4/h6-7,10,28H,5,8-9,11H2,1-4H3. The van der Waals surface area contributed by atoms with Gasteiger partial charge in [0.15, 0.2) is 11.6 Å². The second-order valence-electron chi connectivity index (χ2n) is 6.84. The summed E-state index contributed by atoms with van der Waals surface area (Å²) in [5, 5.41) is 18.8. The fourth-order valence-electron chi connectivity index (χ4n) is 3.16. The Labute approximate surface area is 183 Å². The maximum atomic E-state index is 12.9. The van der Waals surface area contributed by atoms with Gasteiger partial charge in [0.2, 0.25) is 5.88 Å². The molecule has 0 aliphatic rings. The molecule has 10 nitrogen and oxygen atoms in total. The average Bonchev–Trinajstić information content (AvgIpc) is 3.25. The van der Waals surface area contributed by atoms with Crippen molar-refractivity contribution in [2.24, 2.45) is 7.05 Å². The summed E-state index contributed by atoms with van der Waals surface area (Å²) in [6.45, 7) is 4.47. The van der Waals surface area contributed by atoms with Gasteiger partial charge in [-0.2, -0.15) is 10.2 Å². The number of halogens is 1. The summed E-state index contributed by atoms with van der Waals surface area (Å²) in [6.07, 6.45) is 1.33. The summed E-state index contributed by atoms with van der Waals surface area (Å²) in [7, 11) is 3.14. The van der Waals surface area contributed by atoms with Gasteiger partial charge < -0.3 is 14.6 Å². The summed E-state index contributed by atoms with van der Waals surface area (Å²) in [5.41, 5.74) is 0.673. The number of aromatic nitrogens is 5. The lowest BCUT2D eigenvalue weighted by atomic mass is 10.00. The van der Waals surface area contributed by atoms with Gasteiger partial charge in [-0.25, -0.2) is 14.2 Å². The Hall–Kier alpha value is -3.11. The minimum Gasteiger partial charge on any atom is -0.493 e. The fraction of sp³-hybridized carbons (Fsp3) is 0.400. The molecule has 2 heterocycles. The minimum atomic E-state index is -0.388. The van der Waals surface area contributed by atoms with Gasteiger partial charge >= 0.3 is 5.69 Å². The zero-order chi connectivity index (χ0) is 22.7. The van der Waals surface area contributed by atoms with Gasteiger partial charge in [0, 0.05) is 31.8 Å². The number of carbonyl (C=O) groups is 1. The maximum absolute atomic E-state index is 12.9. The third-order valence-electron chi connectivity index (χ3n) is 4.91. The first-order valence-electron chi connectivity index (χ1n) is 9.63. The number of aryl methyl sites for hydroxylation is 1. The summed E-state index contributed by atoms with van der Waals surface area (Å²) in [5.74, 6) is 0.254. The number of ketones is 1. The highest BCUT2D eigenvalue weighted by Crippen LogP contribution is 2.33. The monoisotopic (exact) mass is 449 g/mol. The summed E-state index contributed by atoms with van der Waals surface area (Å²) in [4.78, 5) is 25.2. The predicted octanol–water partition coefficient (Wildman–Crippen LogP) is 1.92. The van der Waals surface area contributed by atoms with Crippen molar-refractivity contribution < 1.29 is 19.4 Å². The van der Waals surface area contributed by atoms with Crippen LogP contribution in [0.1, 0.15) is 34.2 Å². The molecule has 0 amide bonds. The van der Waals surface area contributed by atoms with E-state index in [2.05, 4.69) is 10.2 Å². The van der Waals surface area contributed by atoms with Crippen molar-refractivity contribution in [1.82, 2.24) is 24.1 Å². The first kappa shape index (κ1) is 22.6. The second kappa shape index (κ2) is 9.36. The van der Waals surface area contributed by atoms with Gasteiger partial charge in [-0.15, -0.1) is 0 Å². The van der Waals surface area contributed by atoms with Crippen molar-refractivity contribution in [2.45, 2.75) is 33.5 Å². The van der Waals surface area contributed by atoms with E-state index in [1.165, 1.54) is 27.2 Å². The van der Waals surface area contributed by atoms with E-state index in [1.54, 1.807) is 26.1 Å². The summed E-state index contributed by atoms with van der Waals surface area (Å²) in [6, 6.07) is 3.14. The zero-order valence-corrected chi connectivity index (χ0v) is 18.5. The number of methoxy groups -OCH3 is 1. The van der Waals surface area contributed by atoms with Crippen molar-refractivity contribution in [3.05, 3.63) is 56.4 Å². The topological polar surface area (TPSA) is 113 Å². The number of rotatable bonds is 9. The molecule has 3 aromatic rings. The highest BCUT2D eigenvalue weighted by Gasteiger charge is 2.22. The van der Waals surface area contributed by atoms with Crippen LogP contribution in [0.25, 0.3) is 0 Å². The molecule has 0 radical (unpaired) electrons. The molecule has 0 bridgehead atoms. The van der Waals surface area contributed by atoms with E-state index >= 15 is 0 Å². The number of aromatic hydroxyl groups is 1. The van der Waals surface area contributed by atoms with E-state index in [0.717, 1.165) is 0 Å². The fourth-order valence-corrected chi connectivity index (χ4v) is 3.42. The lowest BCUT2D eigenvalue weighted by Crippen LogP contribution is -2.25. The molecular weight excluding hydrogens is 426 g/mol. The number of benzene rings is 1. The summed E-state index contributed by atoms with van der Waals surface area (Å²) >= 11 is 6.29. The molecule has 1 N–H and O–H groups in total. The largest absolute Gasteiger partial charge is 0.493 e. The zero-order valence-electron chi connectivity index (χ0n) is 17.8. The van der Waals surface area contributed by atoms with Crippen LogP contribution in [-0.4, -0.2) is 48.7 Å². The predicted molar refractivity (Wildman–Crippen MR) is 113 cm³/mol. The van der Waals surface area contributed by atoms with E-state index in [4.69, 9.17) is 21.1 Å². The molecule has 0 aliphatic heterocycles. The Balaban J connectivity index is 1.80. The Morgan fingerprint density at radius 2 is 2.00 bits per heavy atom. The molecule has 0 saturated carbocycles. The minimum absolute atomic E-state index is 0.101. The van der Waals surface area contributed by atoms with Crippen LogP contribution in [0.2, 0.25) is 5.02 Å². The molecule has 0 spiro atoms. The van der Waals surface area contributed by atoms with E-state index in [9.17, 15) is 14.7 Å². The maximum Gasteiger partial charge on any atom is 0.345 e. The van der Waals surface area contributed by atoms with Crippen molar-refractivity contribution in [3.63, 3.8) is 0 Å². The highest BCUT2D eigenvalue weighted by molar-refractivity contribution is 6.32. The Kier molecular flexibility index (Phi) is 6.81. The van der Waals surface area contributed by atoms with Crippen molar-refractivity contribution in [3.8, 4) is 11.6 Å². The van der Waals surface area contributed by atoms with Crippen LogP contribution in [0, 0.1) is 6.92 Å². The molecule has 1 aromatic carbocycles. The molecule has 0 saturated heterocycles. The van der Waals surface area contributed by atoms with Gasteiger partial charge in [-0.05, 0) is 26.0 Å².